The number of aromatic nitrogens is 3. The van der Waals surface area contributed by atoms with Crippen molar-refractivity contribution in [1.29, 1.82) is 0 Å². The minimum atomic E-state index is -0.852. The maximum atomic E-state index is 9.63. The number of imidazole rings is 1. The molecule has 0 radical (unpaired) electrons. The lowest BCUT2D eigenvalue weighted by Crippen LogP contribution is -2.34. The number of aliphatic hydroxyl groups excluding tert-OH is 1. The molecule has 2 aromatic heterocycles. The maximum absolute atomic E-state index is 9.63. The summed E-state index contributed by atoms with van der Waals surface area (Å²) in [5.41, 5.74) is 1.52. The van der Waals surface area contributed by atoms with Crippen LogP contribution in [-0.2, 0) is 5.00 Å². The molecule has 0 saturated heterocycles. The van der Waals surface area contributed by atoms with E-state index in [4.69, 9.17) is 11.6 Å². The van der Waals surface area contributed by atoms with Crippen LogP contribution in [0, 0.1) is 0 Å². The normalized spacial score (nSPS) is 29.6. The molecule has 1 saturated carbocycles. The number of rotatable bonds is 3. The Morgan fingerprint density at radius 2 is 2.08 bits per heavy atom. The smallest absolute Gasteiger partial charge is 0.175 e. The van der Waals surface area contributed by atoms with Gasteiger partial charge in [-0.25, -0.2) is 9.50 Å². The number of dihydropyridines is 1. The molecule has 2 aliphatic rings. The summed E-state index contributed by atoms with van der Waals surface area (Å²) in [6.07, 6.45) is 12.6. The lowest BCUT2D eigenvalue weighted by atomic mass is 9.93. The van der Waals surface area contributed by atoms with E-state index in [1.165, 1.54) is 0 Å². The molecule has 0 spiro atoms. The van der Waals surface area contributed by atoms with Crippen LogP contribution in [0.1, 0.15) is 31.4 Å². The van der Waals surface area contributed by atoms with Crippen molar-refractivity contribution in [2.24, 2.45) is 0 Å². The minimum Gasteiger partial charge on any atom is -0.393 e. The molecule has 4 rings (SSSR count). The number of fused-ring (bicyclic) bond motifs is 1. The summed E-state index contributed by atoms with van der Waals surface area (Å²) in [6, 6.07) is 4.20. The molecule has 1 unspecified atom stereocenters. The third kappa shape index (κ3) is 2.87. The Morgan fingerprint density at radius 3 is 2.83 bits per heavy atom. The highest BCUT2D eigenvalue weighted by atomic mass is 35.5. The van der Waals surface area contributed by atoms with Gasteiger partial charge in [0.15, 0.2) is 10.6 Å². The van der Waals surface area contributed by atoms with Gasteiger partial charge in [0.1, 0.15) is 11.5 Å². The number of alkyl halides is 1. The average molecular weight is 346 g/mol. The zero-order valence-electron chi connectivity index (χ0n) is 13.2. The highest BCUT2D eigenvalue weighted by molar-refractivity contribution is 6.25. The summed E-state index contributed by atoms with van der Waals surface area (Å²) in [4.78, 5) is 3.54. The first kappa shape index (κ1) is 15.5. The van der Waals surface area contributed by atoms with E-state index >= 15 is 0 Å². The monoisotopic (exact) mass is 345 g/mol. The lowest BCUT2D eigenvalue weighted by Gasteiger charge is -2.27. The Bertz CT molecular complexity index is 793. The van der Waals surface area contributed by atoms with Gasteiger partial charge < -0.3 is 15.7 Å². The molecule has 1 aliphatic heterocycles. The molecule has 0 bridgehead atoms. The lowest BCUT2D eigenvalue weighted by molar-refractivity contribution is 0.126. The molecule has 3 heterocycles. The van der Waals surface area contributed by atoms with Crippen LogP contribution >= 0.6 is 11.6 Å². The number of allylic oxidation sites excluding steroid dienone is 2. The van der Waals surface area contributed by atoms with Gasteiger partial charge >= 0.3 is 0 Å². The second-order valence-electron chi connectivity index (χ2n) is 6.36. The van der Waals surface area contributed by atoms with E-state index in [9.17, 15) is 5.11 Å². The van der Waals surface area contributed by atoms with Crippen molar-refractivity contribution in [2.45, 2.75) is 42.8 Å². The third-order valence-electron chi connectivity index (χ3n) is 4.61. The molecule has 1 fully saturated rings. The number of halogens is 1. The van der Waals surface area contributed by atoms with Gasteiger partial charge in [-0.2, -0.15) is 0 Å². The summed E-state index contributed by atoms with van der Waals surface area (Å²) in [6.45, 7) is 0. The minimum absolute atomic E-state index is 0.160. The summed E-state index contributed by atoms with van der Waals surface area (Å²) in [5.74, 6) is 0.790. The van der Waals surface area contributed by atoms with Crippen molar-refractivity contribution in [3.8, 4) is 0 Å². The number of nitrogens with zero attached hydrogens (tertiary/aromatic N) is 3. The molecule has 1 atom stereocenters. The van der Waals surface area contributed by atoms with E-state index < -0.39 is 5.00 Å². The van der Waals surface area contributed by atoms with Crippen molar-refractivity contribution in [3.63, 3.8) is 0 Å². The Hall–Kier alpha value is -2.05. The number of anilines is 1. The van der Waals surface area contributed by atoms with Crippen molar-refractivity contribution >= 4 is 23.1 Å². The number of hydrogen-bond acceptors (Lipinski definition) is 5. The number of nitrogens with one attached hydrogen (secondary N) is 2. The molecule has 1 aliphatic carbocycles. The molecule has 3 N–H and O–H groups in total. The fourth-order valence-electron chi connectivity index (χ4n) is 3.25. The van der Waals surface area contributed by atoms with Crippen LogP contribution < -0.4 is 10.6 Å². The van der Waals surface area contributed by atoms with Crippen LogP contribution in [0.5, 0.6) is 0 Å². The number of hydrogen-bond donors (Lipinski definition) is 3. The Labute approximate surface area is 145 Å². The largest absolute Gasteiger partial charge is 0.393 e. The summed E-state index contributed by atoms with van der Waals surface area (Å²) < 4.78 is 1.77. The fraction of sp³-hybridized carbons (Fsp3) is 0.412. The average Bonchev–Trinajstić information content (AvgIpc) is 3.02. The molecule has 7 heteroatoms. The maximum Gasteiger partial charge on any atom is 0.175 e. The predicted molar refractivity (Wildman–Crippen MR) is 93.8 cm³/mol. The summed E-state index contributed by atoms with van der Waals surface area (Å²) >= 11 is 6.68. The van der Waals surface area contributed by atoms with Crippen molar-refractivity contribution in [2.75, 3.05) is 5.32 Å². The quantitative estimate of drug-likeness (QED) is 0.588. The molecule has 6 nitrogen and oxygen atoms in total. The van der Waals surface area contributed by atoms with Gasteiger partial charge in [-0.15, -0.1) is 5.10 Å². The first-order valence-corrected chi connectivity index (χ1v) is 8.63. The SMILES string of the molecule is OC1CCC(Nc2ccc3ncc(C4(Cl)C=CC=CN4)n3n2)CC1. The van der Waals surface area contributed by atoms with Crippen LogP contribution in [0.4, 0.5) is 5.82 Å². The first-order valence-electron chi connectivity index (χ1n) is 8.25. The van der Waals surface area contributed by atoms with E-state index in [1.807, 2.05) is 36.6 Å². The molecule has 24 heavy (non-hydrogen) atoms. The van der Waals surface area contributed by atoms with Crippen LogP contribution in [0.15, 0.2) is 42.8 Å². The van der Waals surface area contributed by atoms with Crippen LogP contribution in [0.2, 0.25) is 0 Å². The summed E-state index contributed by atoms with van der Waals surface area (Å²) in [5, 5.41) is 20.9. The van der Waals surface area contributed by atoms with Crippen LogP contribution in [-0.4, -0.2) is 31.9 Å². The van der Waals surface area contributed by atoms with Crippen LogP contribution in [0.25, 0.3) is 5.65 Å². The highest BCUT2D eigenvalue weighted by Gasteiger charge is 2.30. The molecule has 2 aromatic rings. The third-order valence-corrected chi connectivity index (χ3v) is 5.04. The van der Waals surface area contributed by atoms with Gasteiger partial charge in [0.2, 0.25) is 0 Å². The van der Waals surface area contributed by atoms with Crippen molar-refractivity contribution in [3.05, 3.63) is 48.5 Å². The highest BCUT2D eigenvalue weighted by Crippen LogP contribution is 2.30. The van der Waals surface area contributed by atoms with E-state index in [0.717, 1.165) is 42.8 Å². The fourth-order valence-corrected chi connectivity index (χ4v) is 3.51. The van der Waals surface area contributed by atoms with Gasteiger partial charge in [-0.1, -0.05) is 17.7 Å². The zero-order chi connectivity index (χ0) is 16.6. The standard InChI is InChI=1S/C17H20ClN5O/c18-17(9-1-2-10-20-17)14-11-19-16-8-7-15(22-23(14)16)21-12-3-5-13(24)6-4-12/h1-2,7-13,20,24H,3-6H2,(H,21,22). The topological polar surface area (TPSA) is 74.5 Å². The summed E-state index contributed by atoms with van der Waals surface area (Å²) in [7, 11) is 0. The van der Waals surface area contributed by atoms with Crippen molar-refractivity contribution in [1.82, 2.24) is 19.9 Å². The predicted octanol–water partition coefficient (Wildman–Crippen LogP) is 2.51. The van der Waals surface area contributed by atoms with E-state index in [1.54, 1.807) is 10.7 Å². The van der Waals surface area contributed by atoms with Crippen molar-refractivity contribution < 1.29 is 5.11 Å². The molecule has 126 valence electrons. The Kier molecular flexibility index (Phi) is 3.94. The molecular formula is C17H20ClN5O. The second kappa shape index (κ2) is 6.11. The molecule has 0 amide bonds. The number of aliphatic hydroxyl groups is 1. The Balaban J connectivity index is 1.61. The zero-order valence-corrected chi connectivity index (χ0v) is 13.9. The first-order chi connectivity index (χ1) is 11.6. The van der Waals surface area contributed by atoms with E-state index in [-0.39, 0.29) is 6.10 Å². The second-order valence-corrected chi connectivity index (χ2v) is 6.95. The van der Waals surface area contributed by atoms with Crippen LogP contribution in [0.3, 0.4) is 0 Å². The van der Waals surface area contributed by atoms with Gasteiger partial charge in [0.05, 0.1) is 12.3 Å². The van der Waals surface area contributed by atoms with Gasteiger partial charge in [0.25, 0.3) is 0 Å². The van der Waals surface area contributed by atoms with Gasteiger partial charge in [0, 0.05) is 6.04 Å². The van der Waals surface area contributed by atoms with Gasteiger partial charge in [-0.3, -0.25) is 0 Å². The molecule has 0 aromatic carbocycles. The van der Waals surface area contributed by atoms with E-state index in [2.05, 4.69) is 20.7 Å². The molecular weight excluding hydrogens is 326 g/mol. The van der Waals surface area contributed by atoms with E-state index in [0.29, 0.717) is 6.04 Å². The van der Waals surface area contributed by atoms with Gasteiger partial charge in [-0.05, 0) is 56.2 Å². The Morgan fingerprint density at radius 1 is 1.25 bits per heavy atom.